The van der Waals surface area contributed by atoms with Crippen LogP contribution in [0.2, 0.25) is 5.02 Å². The summed E-state index contributed by atoms with van der Waals surface area (Å²) in [4.78, 5) is 14.5. The third-order valence-corrected chi connectivity index (χ3v) is 4.51. The average molecular weight is 324 g/mol. The monoisotopic (exact) mass is 323 g/mol. The van der Waals surface area contributed by atoms with Crippen LogP contribution < -0.4 is 5.63 Å². The van der Waals surface area contributed by atoms with Crippen molar-refractivity contribution in [2.75, 3.05) is 26.3 Å². The van der Waals surface area contributed by atoms with E-state index >= 15 is 0 Å². The van der Waals surface area contributed by atoms with E-state index in [4.69, 9.17) is 20.8 Å². The Kier molecular flexibility index (Phi) is 4.12. The van der Waals surface area contributed by atoms with E-state index in [1.54, 1.807) is 13.0 Å². The summed E-state index contributed by atoms with van der Waals surface area (Å²) in [6.45, 7) is 7.06. The number of aromatic hydroxyl groups is 1. The van der Waals surface area contributed by atoms with Crippen molar-refractivity contribution in [2.24, 2.45) is 0 Å². The number of morpholine rings is 1. The predicted octanol–water partition coefficient (Wildman–Crippen LogP) is 2.60. The van der Waals surface area contributed by atoms with Gasteiger partial charge in [0.1, 0.15) is 11.3 Å². The van der Waals surface area contributed by atoms with E-state index in [1.165, 1.54) is 0 Å². The Morgan fingerprint density at radius 3 is 2.64 bits per heavy atom. The number of rotatable bonds is 2. The van der Waals surface area contributed by atoms with Crippen LogP contribution in [0.3, 0.4) is 0 Å². The molecular weight excluding hydrogens is 306 g/mol. The number of halogens is 1. The van der Waals surface area contributed by atoms with E-state index in [0.29, 0.717) is 36.5 Å². The number of phenolic OH excluding ortho intramolecular Hbond substituents is 1. The van der Waals surface area contributed by atoms with Gasteiger partial charge < -0.3 is 14.3 Å². The smallest absolute Gasteiger partial charge is 0.341 e. The summed E-state index contributed by atoms with van der Waals surface area (Å²) in [5, 5.41) is 10.9. The van der Waals surface area contributed by atoms with Gasteiger partial charge in [-0.25, -0.2) is 4.79 Å². The summed E-state index contributed by atoms with van der Waals surface area (Å²) >= 11 is 6.05. The lowest BCUT2D eigenvalue weighted by Gasteiger charge is -2.26. The predicted molar refractivity (Wildman–Crippen MR) is 84.7 cm³/mol. The summed E-state index contributed by atoms with van der Waals surface area (Å²) in [6.07, 6.45) is 0. The summed E-state index contributed by atoms with van der Waals surface area (Å²) in [7, 11) is 0. The molecule has 6 heteroatoms. The fourth-order valence-corrected chi connectivity index (χ4v) is 3.05. The molecule has 2 aromatic rings. The molecule has 0 saturated carbocycles. The van der Waals surface area contributed by atoms with Gasteiger partial charge in [-0.3, -0.25) is 4.90 Å². The molecule has 0 spiro atoms. The van der Waals surface area contributed by atoms with Crippen molar-refractivity contribution < 1.29 is 14.3 Å². The van der Waals surface area contributed by atoms with Crippen LogP contribution in [0.5, 0.6) is 5.75 Å². The first-order valence-corrected chi connectivity index (χ1v) is 7.61. The summed E-state index contributed by atoms with van der Waals surface area (Å²) in [5.74, 6) is -0.0438. The fourth-order valence-electron chi connectivity index (χ4n) is 2.80. The van der Waals surface area contributed by atoms with Crippen LogP contribution in [0, 0.1) is 13.8 Å². The number of hydrogen-bond donors (Lipinski definition) is 1. The molecule has 1 aromatic carbocycles. The zero-order valence-corrected chi connectivity index (χ0v) is 13.4. The molecule has 1 saturated heterocycles. The molecule has 1 aliphatic rings. The van der Waals surface area contributed by atoms with Crippen molar-refractivity contribution in [3.05, 3.63) is 38.2 Å². The molecule has 0 amide bonds. The zero-order valence-electron chi connectivity index (χ0n) is 12.6. The lowest BCUT2D eigenvalue weighted by molar-refractivity contribution is 0.0337. The SMILES string of the molecule is Cc1c(CN2CCOCC2)c(=O)oc2c(C)c(O)c(Cl)cc12. The van der Waals surface area contributed by atoms with E-state index in [0.717, 1.165) is 24.0 Å². The first-order valence-electron chi connectivity index (χ1n) is 7.23. The zero-order chi connectivity index (χ0) is 15.9. The lowest BCUT2D eigenvalue weighted by Crippen LogP contribution is -2.37. The Labute approximate surface area is 133 Å². The van der Waals surface area contributed by atoms with Gasteiger partial charge in [-0.05, 0) is 25.5 Å². The molecule has 0 unspecified atom stereocenters. The molecule has 2 heterocycles. The van der Waals surface area contributed by atoms with Gasteiger partial charge in [0.05, 0.1) is 23.8 Å². The maximum atomic E-state index is 12.3. The van der Waals surface area contributed by atoms with Crippen molar-refractivity contribution >= 4 is 22.6 Å². The molecule has 5 nitrogen and oxygen atoms in total. The first kappa shape index (κ1) is 15.3. The van der Waals surface area contributed by atoms with Gasteiger partial charge in [0.2, 0.25) is 0 Å². The molecule has 0 atom stereocenters. The second kappa shape index (κ2) is 5.91. The van der Waals surface area contributed by atoms with Crippen LogP contribution in [0.4, 0.5) is 0 Å². The van der Waals surface area contributed by atoms with Crippen molar-refractivity contribution in [3.63, 3.8) is 0 Å². The first-order chi connectivity index (χ1) is 10.5. The minimum atomic E-state index is -0.360. The highest BCUT2D eigenvalue weighted by Gasteiger charge is 2.19. The Morgan fingerprint density at radius 1 is 1.27 bits per heavy atom. The number of aryl methyl sites for hydroxylation is 2. The Morgan fingerprint density at radius 2 is 1.95 bits per heavy atom. The highest BCUT2D eigenvalue weighted by molar-refractivity contribution is 6.33. The normalized spacial score (nSPS) is 16.3. The van der Waals surface area contributed by atoms with E-state index in [-0.39, 0.29) is 16.4 Å². The van der Waals surface area contributed by atoms with Gasteiger partial charge >= 0.3 is 5.63 Å². The van der Waals surface area contributed by atoms with Crippen molar-refractivity contribution in [1.82, 2.24) is 4.90 Å². The van der Waals surface area contributed by atoms with E-state index in [2.05, 4.69) is 4.90 Å². The second-order valence-corrected chi connectivity index (χ2v) is 6.00. The fraction of sp³-hybridized carbons (Fsp3) is 0.438. The second-order valence-electron chi connectivity index (χ2n) is 5.59. The van der Waals surface area contributed by atoms with Crippen molar-refractivity contribution in [3.8, 4) is 5.75 Å². The average Bonchev–Trinajstić information content (AvgIpc) is 2.52. The topological polar surface area (TPSA) is 62.9 Å². The Hall–Kier alpha value is -1.56. The van der Waals surface area contributed by atoms with Crippen molar-refractivity contribution in [2.45, 2.75) is 20.4 Å². The molecule has 22 heavy (non-hydrogen) atoms. The van der Waals surface area contributed by atoms with Gasteiger partial charge in [0.25, 0.3) is 0 Å². The van der Waals surface area contributed by atoms with Gasteiger partial charge in [-0.2, -0.15) is 0 Å². The van der Waals surface area contributed by atoms with E-state index in [1.807, 2.05) is 6.92 Å². The quantitative estimate of drug-likeness (QED) is 0.861. The molecule has 0 bridgehead atoms. The highest BCUT2D eigenvalue weighted by Crippen LogP contribution is 2.35. The molecule has 1 N–H and O–H groups in total. The van der Waals surface area contributed by atoms with Crippen molar-refractivity contribution in [1.29, 1.82) is 0 Å². The van der Waals surface area contributed by atoms with Crippen LogP contribution in [0.15, 0.2) is 15.3 Å². The number of ether oxygens (including phenoxy) is 1. The maximum absolute atomic E-state index is 12.3. The molecule has 118 valence electrons. The summed E-state index contributed by atoms with van der Waals surface area (Å²) in [6, 6.07) is 1.65. The molecular formula is C16H18ClNO4. The number of nitrogens with zero attached hydrogens (tertiary/aromatic N) is 1. The number of hydrogen-bond acceptors (Lipinski definition) is 5. The van der Waals surface area contributed by atoms with Gasteiger partial charge in [0.15, 0.2) is 0 Å². The molecule has 1 fully saturated rings. The molecule has 0 aliphatic carbocycles. The summed E-state index contributed by atoms with van der Waals surface area (Å²) < 4.78 is 10.8. The molecule has 1 aromatic heterocycles. The molecule has 1 aliphatic heterocycles. The Balaban J connectivity index is 2.11. The van der Waals surface area contributed by atoms with Crippen LogP contribution in [0.1, 0.15) is 16.7 Å². The van der Waals surface area contributed by atoms with Crippen LogP contribution in [0.25, 0.3) is 11.0 Å². The van der Waals surface area contributed by atoms with Crippen LogP contribution in [-0.4, -0.2) is 36.3 Å². The van der Waals surface area contributed by atoms with Gasteiger partial charge in [-0.1, -0.05) is 11.6 Å². The minimum absolute atomic E-state index is 0.0438. The van der Waals surface area contributed by atoms with Gasteiger partial charge in [0, 0.05) is 30.6 Å². The largest absolute Gasteiger partial charge is 0.506 e. The summed E-state index contributed by atoms with van der Waals surface area (Å²) in [5.41, 5.74) is 2.01. The van der Waals surface area contributed by atoms with Gasteiger partial charge in [-0.15, -0.1) is 0 Å². The third-order valence-electron chi connectivity index (χ3n) is 4.22. The highest BCUT2D eigenvalue weighted by atomic mass is 35.5. The molecule has 0 radical (unpaired) electrons. The number of fused-ring (bicyclic) bond motifs is 1. The van der Waals surface area contributed by atoms with E-state index in [9.17, 15) is 9.90 Å². The minimum Gasteiger partial charge on any atom is -0.506 e. The van der Waals surface area contributed by atoms with Crippen LogP contribution in [-0.2, 0) is 11.3 Å². The standard InChI is InChI=1S/C16H18ClNO4/c1-9-11-7-13(17)14(19)10(2)15(11)22-16(20)12(9)8-18-3-5-21-6-4-18/h7,19H,3-6,8H2,1-2H3. The van der Waals surface area contributed by atoms with E-state index < -0.39 is 0 Å². The number of benzene rings is 1. The third kappa shape index (κ3) is 2.60. The maximum Gasteiger partial charge on any atom is 0.341 e. The Bertz CT molecular complexity index is 778. The molecule has 3 rings (SSSR count). The number of phenols is 1. The lowest BCUT2D eigenvalue weighted by atomic mass is 10.0. The van der Waals surface area contributed by atoms with Crippen LogP contribution >= 0.6 is 11.6 Å².